The molecule has 1 amide bonds. The fourth-order valence-electron chi connectivity index (χ4n) is 3.57. The molecule has 0 radical (unpaired) electrons. The Morgan fingerprint density at radius 2 is 2.11 bits per heavy atom. The molecule has 0 bridgehead atoms. The number of rotatable bonds is 7. The van der Waals surface area contributed by atoms with E-state index in [1.807, 2.05) is 24.3 Å². The van der Waals surface area contributed by atoms with E-state index in [-0.39, 0.29) is 24.4 Å². The van der Waals surface area contributed by atoms with Gasteiger partial charge < -0.3 is 14.8 Å². The summed E-state index contributed by atoms with van der Waals surface area (Å²) in [5.41, 5.74) is 2.72. The highest BCUT2D eigenvalue weighted by Gasteiger charge is 2.30. The Bertz CT molecular complexity index is 858. The van der Waals surface area contributed by atoms with Crippen molar-refractivity contribution in [2.45, 2.75) is 52.4 Å². The number of nitrogens with one attached hydrogen (secondary N) is 1. The van der Waals surface area contributed by atoms with Gasteiger partial charge in [-0.3, -0.25) is 4.79 Å². The largest absolute Gasteiger partial charge is 0.484 e. The van der Waals surface area contributed by atoms with Gasteiger partial charge in [0.25, 0.3) is 5.91 Å². The topological polar surface area (TPSA) is 64.6 Å². The molecule has 5 nitrogen and oxygen atoms in total. The number of carbonyl (C=O) groups is 2. The van der Waals surface area contributed by atoms with Gasteiger partial charge in [-0.05, 0) is 61.8 Å². The third kappa shape index (κ3) is 4.55. The fourth-order valence-corrected chi connectivity index (χ4v) is 4.94. The van der Waals surface area contributed by atoms with Crippen LogP contribution in [0.25, 0.3) is 0 Å². The first kappa shape index (κ1) is 20.4. The molecule has 1 N–H and O–H groups in total. The molecule has 0 saturated carbocycles. The first-order valence-corrected chi connectivity index (χ1v) is 10.7. The number of amides is 1. The molecule has 1 unspecified atom stereocenters. The number of anilines is 1. The number of ether oxygens (including phenoxy) is 2. The van der Waals surface area contributed by atoms with Crippen molar-refractivity contribution in [2.24, 2.45) is 0 Å². The average molecular weight is 402 g/mol. The van der Waals surface area contributed by atoms with Crippen LogP contribution in [0.2, 0.25) is 0 Å². The summed E-state index contributed by atoms with van der Waals surface area (Å²) in [7, 11) is 0. The quantitative estimate of drug-likeness (QED) is 0.667. The molecule has 0 spiro atoms. The van der Waals surface area contributed by atoms with E-state index >= 15 is 0 Å². The van der Waals surface area contributed by atoms with Gasteiger partial charge in [0.05, 0.1) is 12.2 Å². The predicted octanol–water partition coefficient (Wildman–Crippen LogP) is 4.94. The van der Waals surface area contributed by atoms with Crippen LogP contribution in [0.4, 0.5) is 5.00 Å². The van der Waals surface area contributed by atoms with Gasteiger partial charge in [0.2, 0.25) is 0 Å². The summed E-state index contributed by atoms with van der Waals surface area (Å²) in [4.78, 5) is 26.2. The third-order valence-corrected chi connectivity index (χ3v) is 6.15. The lowest BCUT2D eigenvalue weighted by Gasteiger charge is -2.19. The van der Waals surface area contributed by atoms with Crippen molar-refractivity contribution in [3.05, 3.63) is 45.8 Å². The molecule has 1 aliphatic rings. The second-order valence-corrected chi connectivity index (χ2v) is 8.10. The maximum absolute atomic E-state index is 12.6. The second-order valence-electron chi connectivity index (χ2n) is 6.99. The molecule has 2 aromatic rings. The summed E-state index contributed by atoms with van der Waals surface area (Å²) in [5.74, 6) is 0.316. The van der Waals surface area contributed by atoms with Crippen LogP contribution in [-0.2, 0) is 22.4 Å². The normalized spacial score (nSPS) is 15.6. The molecule has 1 heterocycles. The van der Waals surface area contributed by atoms with E-state index in [9.17, 15) is 9.59 Å². The summed E-state index contributed by atoms with van der Waals surface area (Å²) in [6.45, 7) is 6.19. The maximum Gasteiger partial charge on any atom is 0.341 e. The molecule has 150 valence electrons. The van der Waals surface area contributed by atoms with E-state index in [0.717, 1.165) is 36.8 Å². The van der Waals surface area contributed by atoms with Crippen LogP contribution in [0.5, 0.6) is 5.75 Å². The number of benzene rings is 1. The van der Waals surface area contributed by atoms with Crippen LogP contribution >= 0.6 is 11.3 Å². The fraction of sp³-hybridized carbons (Fsp3) is 0.455. The summed E-state index contributed by atoms with van der Waals surface area (Å²) in [6.07, 6.45) is 3.99. The van der Waals surface area contributed by atoms with Crippen molar-refractivity contribution in [1.29, 1.82) is 0 Å². The molecule has 6 heteroatoms. The predicted molar refractivity (Wildman–Crippen MR) is 112 cm³/mol. The zero-order valence-corrected chi connectivity index (χ0v) is 17.5. The van der Waals surface area contributed by atoms with Crippen molar-refractivity contribution < 1.29 is 19.1 Å². The monoisotopic (exact) mass is 401 g/mol. The summed E-state index contributed by atoms with van der Waals surface area (Å²) in [5, 5.41) is 3.46. The Labute approximate surface area is 170 Å². The lowest BCUT2D eigenvalue weighted by Crippen LogP contribution is -2.21. The van der Waals surface area contributed by atoms with Crippen LogP contribution in [0.3, 0.4) is 0 Å². The van der Waals surface area contributed by atoms with E-state index in [4.69, 9.17) is 9.47 Å². The molecular weight excluding hydrogens is 374 g/mol. The van der Waals surface area contributed by atoms with Crippen molar-refractivity contribution in [3.63, 3.8) is 0 Å². The minimum atomic E-state index is -0.361. The number of hydrogen-bond donors (Lipinski definition) is 1. The number of thiophene rings is 1. The number of carbonyl (C=O) groups excluding carboxylic acids is 2. The average Bonchev–Trinajstić information content (AvgIpc) is 3.06. The summed E-state index contributed by atoms with van der Waals surface area (Å²) >= 11 is 1.49. The highest BCUT2D eigenvalue weighted by Crippen LogP contribution is 2.43. The first-order chi connectivity index (χ1) is 13.5. The Morgan fingerprint density at radius 3 is 2.86 bits per heavy atom. The van der Waals surface area contributed by atoms with Crippen molar-refractivity contribution in [1.82, 2.24) is 0 Å². The minimum absolute atomic E-state index is 0.104. The van der Waals surface area contributed by atoms with Gasteiger partial charge in [-0.2, -0.15) is 0 Å². The molecule has 1 aromatic heterocycles. The number of aryl methyl sites for hydroxylation is 2. The molecule has 28 heavy (non-hydrogen) atoms. The molecule has 0 aliphatic heterocycles. The van der Waals surface area contributed by atoms with Crippen molar-refractivity contribution in [2.75, 3.05) is 18.5 Å². The minimum Gasteiger partial charge on any atom is -0.484 e. The van der Waals surface area contributed by atoms with Crippen LogP contribution in [0, 0.1) is 0 Å². The van der Waals surface area contributed by atoms with Crippen LogP contribution in [0.15, 0.2) is 24.3 Å². The maximum atomic E-state index is 12.6. The number of fused-ring (bicyclic) bond motifs is 1. The summed E-state index contributed by atoms with van der Waals surface area (Å²) in [6, 6.07) is 7.71. The van der Waals surface area contributed by atoms with Gasteiger partial charge in [0.1, 0.15) is 10.8 Å². The Hall–Kier alpha value is -2.34. The zero-order chi connectivity index (χ0) is 20.1. The lowest BCUT2D eigenvalue weighted by atomic mass is 9.86. The first-order valence-electron chi connectivity index (χ1n) is 9.87. The van der Waals surface area contributed by atoms with Crippen molar-refractivity contribution in [3.8, 4) is 5.75 Å². The lowest BCUT2D eigenvalue weighted by molar-refractivity contribution is -0.118. The second kappa shape index (κ2) is 9.24. The van der Waals surface area contributed by atoms with Crippen LogP contribution in [0.1, 0.15) is 65.9 Å². The van der Waals surface area contributed by atoms with Crippen molar-refractivity contribution >= 4 is 28.2 Å². The SMILES string of the molecule is CCOC(=O)c1c(NC(=O)COc2cccc(CC)c2)sc2c1C(C)CCC2. The van der Waals surface area contributed by atoms with Gasteiger partial charge in [-0.15, -0.1) is 11.3 Å². The van der Waals surface area contributed by atoms with E-state index in [1.165, 1.54) is 16.2 Å². The smallest absolute Gasteiger partial charge is 0.341 e. The Balaban J connectivity index is 1.75. The van der Waals surface area contributed by atoms with Gasteiger partial charge in [-0.25, -0.2) is 4.79 Å². The highest BCUT2D eigenvalue weighted by molar-refractivity contribution is 7.17. The molecule has 1 aliphatic carbocycles. The Morgan fingerprint density at radius 1 is 1.29 bits per heavy atom. The summed E-state index contributed by atoms with van der Waals surface area (Å²) < 4.78 is 10.9. The van der Waals surface area contributed by atoms with E-state index in [1.54, 1.807) is 6.92 Å². The van der Waals surface area contributed by atoms with Gasteiger partial charge in [-0.1, -0.05) is 26.0 Å². The number of esters is 1. The third-order valence-electron chi connectivity index (χ3n) is 4.96. The van der Waals surface area contributed by atoms with Gasteiger partial charge in [0.15, 0.2) is 6.61 Å². The zero-order valence-electron chi connectivity index (χ0n) is 16.7. The molecule has 1 atom stereocenters. The Kier molecular flexibility index (Phi) is 6.73. The molecule has 3 rings (SSSR count). The molecular formula is C22H27NO4S. The standard InChI is InChI=1S/C22H27NO4S/c1-4-15-9-7-10-16(12-15)27-13-18(24)23-21-20(22(25)26-5-2)19-14(3)8-6-11-17(19)28-21/h7,9-10,12,14H,4-6,8,11,13H2,1-3H3,(H,23,24). The molecule has 0 saturated heterocycles. The van der Waals surface area contributed by atoms with Crippen LogP contribution < -0.4 is 10.1 Å². The molecule has 0 fully saturated rings. The highest BCUT2D eigenvalue weighted by atomic mass is 32.1. The molecule has 1 aromatic carbocycles. The van der Waals surface area contributed by atoms with E-state index in [2.05, 4.69) is 19.2 Å². The van der Waals surface area contributed by atoms with Gasteiger partial charge >= 0.3 is 5.97 Å². The van der Waals surface area contributed by atoms with E-state index in [0.29, 0.717) is 22.9 Å². The van der Waals surface area contributed by atoms with Gasteiger partial charge in [0, 0.05) is 4.88 Å². The number of hydrogen-bond acceptors (Lipinski definition) is 5. The van der Waals surface area contributed by atoms with E-state index < -0.39 is 0 Å². The van der Waals surface area contributed by atoms with Crippen LogP contribution in [-0.4, -0.2) is 25.1 Å².